The van der Waals surface area contributed by atoms with Gasteiger partial charge in [0.15, 0.2) is 0 Å². The number of halogens is 1. The van der Waals surface area contributed by atoms with Crippen LogP contribution in [0.5, 0.6) is 5.75 Å². The van der Waals surface area contributed by atoms with Crippen LogP contribution in [0.3, 0.4) is 0 Å². The van der Waals surface area contributed by atoms with Crippen molar-refractivity contribution in [2.45, 2.75) is 6.92 Å². The van der Waals surface area contributed by atoms with E-state index in [0.717, 1.165) is 4.47 Å². The second-order valence-corrected chi connectivity index (χ2v) is 5.02. The molecule has 0 bridgehead atoms. The lowest BCUT2D eigenvalue weighted by atomic mass is 10.2. The van der Waals surface area contributed by atoms with Crippen molar-refractivity contribution in [2.75, 3.05) is 5.32 Å². The van der Waals surface area contributed by atoms with Gasteiger partial charge in [-0.3, -0.25) is 4.79 Å². The molecule has 1 amide bonds. The van der Waals surface area contributed by atoms with Gasteiger partial charge in [-0.15, -0.1) is 0 Å². The van der Waals surface area contributed by atoms with E-state index in [4.69, 9.17) is 4.74 Å². The summed E-state index contributed by atoms with van der Waals surface area (Å²) in [5.41, 5.74) is 1.12. The lowest BCUT2D eigenvalue weighted by Gasteiger charge is -2.06. The van der Waals surface area contributed by atoms with Gasteiger partial charge in [-0.05, 0) is 42.5 Å². The molecule has 0 unspecified atom stereocenters. The summed E-state index contributed by atoms with van der Waals surface area (Å²) in [6, 6.07) is 13.6. The number of hydrogen-bond acceptors (Lipinski definition) is 3. The van der Waals surface area contributed by atoms with E-state index >= 15 is 0 Å². The second kappa shape index (κ2) is 6.34. The first kappa shape index (κ1) is 14.3. The number of rotatable bonds is 3. The Bertz CT molecular complexity index is 638. The van der Waals surface area contributed by atoms with Gasteiger partial charge in [0.2, 0.25) is 5.91 Å². The van der Waals surface area contributed by atoms with Crippen molar-refractivity contribution in [3.63, 3.8) is 0 Å². The summed E-state index contributed by atoms with van der Waals surface area (Å²) in [6.45, 7) is 1.43. The van der Waals surface area contributed by atoms with Crippen LogP contribution in [-0.2, 0) is 4.79 Å². The zero-order valence-corrected chi connectivity index (χ0v) is 12.3. The van der Waals surface area contributed by atoms with Crippen LogP contribution in [0, 0.1) is 0 Å². The Balaban J connectivity index is 2.06. The van der Waals surface area contributed by atoms with E-state index < -0.39 is 5.97 Å². The van der Waals surface area contributed by atoms with Crippen LogP contribution in [0.2, 0.25) is 0 Å². The molecule has 0 aliphatic rings. The number of benzene rings is 2. The quantitative estimate of drug-likeness (QED) is 0.689. The molecular formula is C15H12BrNO3. The van der Waals surface area contributed by atoms with Crippen LogP contribution < -0.4 is 10.1 Å². The number of hydrogen-bond donors (Lipinski definition) is 1. The van der Waals surface area contributed by atoms with E-state index in [0.29, 0.717) is 17.0 Å². The van der Waals surface area contributed by atoms with Gasteiger partial charge >= 0.3 is 5.97 Å². The molecule has 0 aromatic heterocycles. The molecule has 20 heavy (non-hydrogen) atoms. The topological polar surface area (TPSA) is 55.4 Å². The molecule has 0 saturated carbocycles. The second-order valence-electron chi connectivity index (χ2n) is 4.11. The number of amides is 1. The molecule has 0 spiro atoms. The summed E-state index contributed by atoms with van der Waals surface area (Å²) in [6.07, 6.45) is 0. The standard InChI is InChI=1S/C15H12BrNO3/c1-10(18)17-13-5-7-14(8-6-13)20-15(19)11-3-2-4-12(16)9-11/h2-9H,1H3,(H,17,18). The summed E-state index contributed by atoms with van der Waals surface area (Å²) in [7, 11) is 0. The Morgan fingerprint density at radius 2 is 1.80 bits per heavy atom. The van der Waals surface area contributed by atoms with Gasteiger partial charge in [0.05, 0.1) is 5.56 Å². The average Bonchev–Trinajstić information content (AvgIpc) is 2.40. The van der Waals surface area contributed by atoms with E-state index in [-0.39, 0.29) is 5.91 Å². The summed E-state index contributed by atoms with van der Waals surface area (Å²) in [5.74, 6) is -0.161. The van der Waals surface area contributed by atoms with Crippen molar-refractivity contribution >= 4 is 33.5 Å². The van der Waals surface area contributed by atoms with Crippen LogP contribution in [0.15, 0.2) is 53.0 Å². The largest absolute Gasteiger partial charge is 0.423 e. The number of ether oxygens (including phenoxy) is 1. The van der Waals surface area contributed by atoms with E-state index in [9.17, 15) is 9.59 Å². The Morgan fingerprint density at radius 3 is 2.40 bits per heavy atom. The fourth-order valence-electron chi connectivity index (χ4n) is 1.59. The molecule has 2 aromatic carbocycles. The zero-order chi connectivity index (χ0) is 14.5. The zero-order valence-electron chi connectivity index (χ0n) is 10.7. The normalized spacial score (nSPS) is 9.90. The molecule has 0 aliphatic heterocycles. The SMILES string of the molecule is CC(=O)Nc1ccc(OC(=O)c2cccc(Br)c2)cc1. The molecule has 0 fully saturated rings. The van der Waals surface area contributed by atoms with Gasteiger partial charge in [-0.1, -0.05) is 22.0 Å². The highest BCUT2D eigenvalue weighted by Crippen LogP contribution is 2.18. The van der Waals surface area contributed by atoms with Crippen molar-refractivity contribution in [1.29, 1.82) is 0 Å². The highest BCUT2D eigenvalue weighted by molar-refractivity contribution is 9.10. The number of nitrogens with one attached hydrogen (secondary N) is 1. The molecule has 2 aromatic rings. The molecule has 0 heterocycles. The lowest BCUT2D eigenvalue weighted by Crippen LogP contribution is -2.09. The van der Waals surface area contributed by atoms with Crippen LogP contribution in [-0.4, -0.2) is 11.9 Å². The molecule has 0 aliphatic carbocycles. The van der Waals surface area contributed by atoms with Gasteiger partial charge in [-0.2, -0.15) is 0 Å². The number of carbonyl (C=O) groups excluding carboxylic acids is 2. The summed E-state index contributed by atoms with van der Waals surface area (Å²) < 4.78 is 6.06. The molecule has 5 heteroatoms. The van der Waals surface area contributed by atoms with Crippen molar-refractivity contribution in [3.8, 4) is 5.75 Å². The molecular weight excluding hydrogens is 322 g/mol. The minimum atomic E-state index is -0.432. The van der Waals surface area contributed by atoms with E-state index in [2.05, 4.69) is 21.2 Å². The van der Waals surface area contributed by atoms with Gasteiger partial charge < -0.3 is 10.1 Å². The third kappa shape index (κ3) is 3.93. The summed E-state index contributed by atoms with van der Waals surface area (Å²) in [5, 5.41) is 2.64. The molecule has 0 atom stereocenters. The van der Waals surface area contributed by atoms with Crippen LogP contribution in [0.4, 0.5) is 5.69 Å². The molecule has 0 saturated heterocycles. The predicted molar refractivity (Wildman–Crippen MR) is 79.8 cm³/mol. The van der Waals surface area contributed by atoms with E-state index in [1.54, 1.807) is 42.5 Å². The summed E-state index contributed by atoms with van der Waals surface area (Å²) >= 11 is 3.30. The first-order valence-corrected chi connectivity index (χ1v) is 6.69. The fraction of sp³-hybridized carbons (Fsp3) is 0.0667. The Kier molecular flexibility index (Phi) is 4.53. The van der Waals surface area contributed by atoms with Crippen molar-refractivity contribution in [2.24, 2.45) is 0 Å². The first-order valence-electron chi connectivity index (χ1n) is 5.90. The molecule has 4 nitrogen and oxygen atoms in total. The van der Waals surface area contributed by atoms with Crippen molar-refractivity contribution in [3.05, 3.63) is 58.6 Å². The third-order valence-corrected chi connectivity index (χ3v) is 2.94. The summed E-state index contributed by atoms with van der Waals surface area (Å²) in [4.78, 5) is 22.8. The molecule has 102 valence electrons. The Morgan fingerprint density at radius 1 is 1.10 bits per heavy atom. The lowest BCUT2D eigenvalue weighted by molar-refractivity contribution is -0.114. The van der Waals surface area contributed by atoms with Crippen LogP contribution >= 0.6 is 15.9 Å². The maximum absolute atomic E-state index is 11.9. The van der Waals surface area contributed by atoms with Gasteiger partial charge in [-0.25, -0.2) is 4.79 Å². The van der Waals surface area contributed by atoms with E-state index in [1.807, 2.05) is 6.07 Å². The number of anilines is 1. The Labute approximate surface area is 124 Å². The molecule has 1 N–H and O–H groups in total. The van der Waals surface area contributed by atoms with Crippen molar-refractivity contribution < 1.29 is 14.3 Å². The van der Waals surface area contributed by atoms with Crippen LogP contribution in [0.1, 0.15) is 17.3 Å². The molecule has 2 rings (SSSR count). The predicted octanol–water partition coefficient (Wildman–Crippen LogP) is 3.63. The minimum absolute atomic E-state index is 0.149. The average molecular weight is 334 g/mol. The van der Waals surface area contributed by atoms with Gasteiger partial charge in [0.1, 0.15) is 5.75 Å². The monoisotopic (exact) mass is 333 g/mol. The third-order valence-electron chi connectivity index (χ3n) is 2.45. The minimum Gasteiger partial charge on any atom is -0.423 e. The molecule has 0 radical (unpaired) electrons. The number of esters is 1. The fourth-order valence-corrected chi connectivity index (χ4v) is 1.99. The van der Waals surface area contributed by atoms with Gasteiger partial charge in [0, 0.05) is 17.1 Å². The maximum Gasteiger partial charge on any atom is 0.343 e. The highest BCUT2D eigenvalue weighted by atomic mass is 79.9. The first-order chi connectivity index (χ1) is 9.54. The van der Waals surface area contributed by atoms with Crippen molar-refractivity contribution in [1.82, 2.24) is 0 Å². The maximum atomic E-state index is 11.9. The van der Waals surface area contributed by atoms with Gasteiger partial charge in [0.25, 0.3) is 0 Å². The number of carbonyl (C=O) groups is 2. The van der Waals surface area contributed by atoms with E-state index in [1.165, 1.54) is 6.92 Å². The smallest absolute Gasteiger partial charge is 0.343 e. The van der Waals surface area contributed by atoms with Crippen LogP contribution in [0.25, 0.3) is 0 Å². The highest BCUT2D eigenvalue weighted by Gasteiger charge is 2.08. The Hall–Kier alpha value is -2.14.